The van der Waals surface area contributed by atoms with Crippen molar-refractivity contribution in [3.05, 3.63) is 35.4 Å². The highest BCUT2D eigenvalue weighted by Crippen LogP contribution is 2.51. The molecule has 0 bridgehead atoms. The van der Waals surface area contributed by atoms with Crippen LogP contribution in [-0.4, -0.2) is 26.4 Å². The van der Waals surface area contributed by atoms with E-state index >= 15 is 0 Å². The van der Waals surface area contributed by atoms with Crippen LogP contribution in [0.15, 0.2) is 24.3 Å². The van der Waals surface area contributed by atoms with Gasteiger partial charge in [-0.05, 0) is 95.9 Å². The summed E-state index contributed by atoms with van der Waals surface area (Å²) in [6.45, 7) is 20.7. The van der Waals surface area contributed by atoms with E-state index in [-0.39, 0.29) is 10.8 Å². The molecule has 0 N–H and O–H groups in total. The summed E-state index contributed by atoms with van der Waals surface area (Å²) in [5, 5.41) is 0. The zero-order valence-electron chi connectivity index (χ0n) is 24.0. The molecule has 200 valence electrons. The standard InChI is InChI=1S/C32H48O4/c1-9-15-33-27-19-23-24-20-28(34-16-10-2)30(36-18-12-4)22-26(24)32(7,8)14-13-31(5,6)25(23)21-29(27)35-17-11-3/h19-22H,9-18H2,1-8H3. The third kappa shape index (κ3) is 6.30. The van der Waals surface area contributed by atoms with Crippen molar-refractivity contribution in [3.8, 4) is 34.1 Å². The summed E-state index contributed by atoms with van der Waals surface area (Å²) >= 11 is 0. The predicted octanol–water partition coefficient (Wildman–Crippen LogP) is 8.86. The smallest absolute Gasteiger partial charge is 0.161 e. The third-order valence-electron chi connectivity index (χ3n) is 7.14. The molecule has 1 aliphatic rings. The lowest BCUT2D eigenvalue weighted by Gasteiger charge is -2.38. The lowest BCUT2D eigenvalue weighted by atomic mass is 9.66. The number of benzene rings is 2. The van der Waals surface area contributed by atoms with Crippen LogP contribution in [0.25, 0.3) is 11.1 Å². The Morgan fingerprint density at radius 3 is 1.06 bits per heavy atom. The van der Waals surface area contributed by atoms with Gasteiger partial charge < -0.3 is 18.9 Å². The highest BCUT2D eigenvalue weighted by Gasteiger charge is 2.36. The van der Waals surface area contributed by atoms with Crippen LogP contribution < -0.4 is 18.9 Å². The van der Waals surface area contributed by atoms with Gasteiger partial charge in [-0.2, -0.15) is 0 Å². The van der Waals surface area contributed by atoms with Gasteiger partial charge in [0.15, 0.2) is 23.0 Å². The topological polar surface area (TPSA) is 36.9 Å². The maximum absolute atomic E-state index is 6.25. The second-order valence-electron chi connectivity index (χ2n) is 11.4. The van der Waals surface area contributed by atoms with Crippen molar-refractivity contribution in [1.29, 1.82) is 0 Å². The van der Waals surface area contributed by atoms with Crippen LogP contribution in [0.5, 0.6) is 23.0 Å². The first-order valence-electron chi connectivity index (χ1n) is 14.1. The highest BCUT2D eigenvalue weighted by atomic mass is 16.5. The first-order valence-corrected chi connectivity index (χ1v) is 14.1. The van der Waals surface area contributed by atoms with E-state index < -0.39 is 0 Å². The lowest BCUT2D eigenvalue weighted by molar-refractivity contribution is 0.266. The van der Waals surface area contributed by atoms with Gasteiger partial charge in [-0.25, -0.2) is 0 Å². The predicted molar refractivity (Wildman–Crippen MR) is 150 cm³/mol. The van der Waals surface area contributed by atoms with Crippen molar-refractivity contribution >= 4 is 0 Å². The molecule has 3 rings (SSSR count). The Bertz CT molecular complexity index is 924. The summed E-state index contributed by atoms with van der Waals surface area (Å²) in [6.07, 6.45) is 5.98. The van der Waals surface area contributed by atoms with E-state index in [0.29, 0.717) is 26.4 Å². The SMILES string of the molecule is CCCOc1cc2c(cc1OCCC)C(C)(C)CCC(C)(C)c1cc(OCCC)c(OCCC)cc1-2. The molecule has 0 unspecified atom stereocenters. The van der Waals surface area contributed by atoms with Gasteiger partial charge >= 0.3 is 0 Å². The van der Waals surface area contributed by atoms with Crippen molar-refractivity contribution in [2.45, 2.75) is 105 Å². The minimum Gasteiger partial charge on any atom is -0.490 e. The van der Waals surface area contributed by atoms with Crippen LogP contribution >= 0.6 is 0 Å². The van der Waals surface area contributed by atoms with Gasteiger partial charge in [-0.1, -0.05) is 55.4 Å². The molecular weight excluding hydrogens is 448 g/mol. The van der Waals surface area contributed by atoms with E-state index in [4.69, 9.17) is 18.9 Å². The van der Waals surface area contributed by atoms with Crippen molar-refractivity contribution < 1.29 is 18.9 Å². The molecule has 0 aliphatic heterocycles. The number of rotatable bonds is 12. The third-order valence-corrected chi connectivity index (χ3v) is 7.14. The number of ether oxygens (including phenoxy) is 4. The maximum Gasteiger partial charge on any atom is 0.161 e. The molecule has 0 heterocycles. The molecule has 0 aromatic heterocycles. The highest BCUT2D eigenvalue weighted by molar-refractivity contribution is 5.79. The Morgan fingerprint density at radius 2 is 0.778 bits per heavy atom. The molecule has 4 nitrogen and oxygen atoms in total. The van der Waals surface area contributed by atoms with E-state index in [9.17, 15) is 0 Å². The molecule has 0 amide bonds. The van der Waals surface area contributed by atoms with Gasteiger partial charge in [0.2, 0.25) is 0 Å². The van der Waals surface area contributed by atoms with Crippen molar-refractivity contribution in [1.82, 2.24) is 0 Å². The lowest BCUT2D eigenvalue weighted by Crippen LogP contribution is -2.28. The second-order valence-corrected chi connectivity index (χ2v) is 11.4. The van der Waals surface area contributed by atoms with Crippen molar-refractivity contribution in [2.75, 3.05) is 26.4 Å². The van der Waals surface area contributed by atoms with E-state index in [0.717, 1.165) is 61.5 Å². The van der Waals surface area contributed by atoms with Gasteiger partial charge in [-0.3, -0.25) is 0 Å². The molecule has 2 aromatic carbocycles. The van der Waals surface area contributed by atoms with Gasteiger partial charge in [0, 0.05) is 0 Å². The fourth-order valence-electron chi connectivity index (χ4n) is 4.88. The summed E-state index contributed by atoms with van der Waals surface area (Å²) in [4.78, 5) is 0. The monoisotopic (exact) mass is 496 g/mol. The maximum atomic E-state index is 6.25. The normalized spacial score (nSPS) is 15.8. The van der Waals surface area contributed by atoms with Crippen LogP contribution in [0.2, 0.25) is 0 Å². The fraction of sp³-hybridized carbons (Fsp3) is 0.625. The van der Waals surface area contributed by atoms with Crippen LogP contribution in [0.1, 0.15) is 105 Å². The summed E-state index contributed by atoms with van der Waals surface area (Å²) in [7, 11) is 0. The summed E-state index contributed by atoms with van der Waals surface area (Å²) in [5.74, 6) is 3.35. The van der Waals surface area contributed by atoms with Gasteiger partial charge in [0.25, 0.3) is 0 Å². The number of hydrogen-bond acceptors (Lipinski definition) is 4. The van der Waals surface area contributed by atoms with E-state index in [1.54, 1.807) is 0 Å². The molecule has 0 fully saturated rings. The zero-order chi connectivity index (χ0) is 26.3. The summed E-state index contributed by atoms with van der Waals surface area (Å²) in [6, 6.07) is 8.92. The number of fused-ring (bicyclic) bond motifs is 3. The minimum atomic E-state index is -0.0142. The molecule has 2 aromatic rings. The largest absolute Gasteiger partial charge is 0.490 e. The van der Waals surface area contributed by atoms with Crippen LogP contribution in [0.4, 0.5) is 0 Å². The van der Waals surface area contributed by atoms with Crippen LogP contribution in [-0.2, 0) is 10.8 Å². The Labute approximate surface area is 219 Å². The first-order chi connectivity index (χ1) is 17.2. The van der Waals surface area contributed by atoms with E-state index in [1.807, 2.05) is 0 Å². The molecule has 0 saturated heterocycles. The van der Waals surface area contributed by atoms with Gasteiger partial charge in [0.05, 0.1) is 26.4 Å². The molecule has 0 spiro atoms. The summed E-state index contributed by atoms with van der Waals surface area (Å²) < 4.78 is 24.9. The molecule has 0 atom stereocenters. The van der Waals surface area contributed by atoms with Gasteiger partial charge in [-0.15, -0.1) is 0 Å². The molecule has 1 aliphatic carbocycles. The van der Waals surface area contributed by atoms with Gasteiger partial charge in [0.1, 0.15) is 0 Å². The first kappa shape index (κ1) is 28.2. The van der Waals surface area contributed by atoms with Crippen molar-refractivity contribution in [2.24, 2.45) is 0 Å². The van der Waals surface area contributed by atoms with E-state index in [1.165, 1.54) is 22.3 Å². The second kappa shape index (κ2) is 12.3. The molecule has 36 heavy (non-hydrogen) atoms. The molecule has 0 radical (unpaired) electrons. The Hall–Kier alpha value is -2.36. The molecular formula is C32H48O4. The average molecular weight is 497 g/mol. The summed E-state index contributed by atoms with van der Waals surface area (Å²) in [5.41, 5.74) is 5.00. The van der Waals surface area contributed by atoms with Crippen molar-refractivity contribution in [3.63, 3.8) is 0 Å². The average Bonchev–Trinajstić information content (AvgIpc) is 2.86. The van der Waals surface area contributed by atoms with Crippen LogP contribution in [0.3, 0.4) is 0 Å². The Morgan fingerprint density at radius 1 is 0.500 bits per heavy atom. The van der Waals surface area contributed by atoms with E-state index in [2.05, 4.69) is 79.7 Å². The quantitative estimate of drug-likeness (QED) is 0.294. The Kier molecular flexibility index (Phi) is 9.60. The molecule has 4 heteroatoms. The zero-order valence-corrected chi connectivity index (χ0v) is 24.0. The Balaban J connectivity index is 2.32. The molecule has 0 saturated carbocycles. The number of hydrogen-bond donors (Lipinski definition) is 0. The fourth-order valence-corrected chi connectivity index (χ4v) is 4.88. The minimum absolute atomic E-state index is 0.0142. The van der Waals surface area contributed by atoms with Crippen LogP contribution in [0, 0.1) is 0 Å².